The van der Waals surface area contributed by atoms with E-state index in [9.17, 15) is 14.4 Å². The highest BCUT2D eigenvalue weighted by Gasteiger charge is 2.66. The monoisotopic (exact) mass is 600 g/mol. The van der Waals surface area contributed by atoms with E-state index in [1.165, 1.54) is 36.5 Å². The molecule has 7 nitrogen and oxygen atoms in total. The van der Waals surface area contributed by atoms with Crippen LogP contribution in [0.1, 0.15) is 95.2 Å². The number of carbonyl (C=O) groups excluding carboxylic acids is 3. The molecule has 2 aliphatic heterocycles. The van der Waals surface area contributed by atoms with E-state index in [1.54, 1.807) is 6.92 Å². The predicted molar refractivity (Wildman–Crippen MR) is 170 cm³/mol. The van der Waals surface area contributed by atoms with Crippen LogP contribution in [-0.2, 0) is 32.6 Å². The average molecular weight is 601 g/mol. The Morgan fingerprint density at radius 1 is 1.00 bits per heavy atom. The third-order valence-electron chi connectivity index (χ3n) is 10.8. The molecule has 2 aromatic carbocycles. The second-order valence-corrected chi connectivity index (χ2v) is 13.5. The quantitative estimate of drug-likeness (QED) is 0.159. The summed E-state index contributed by atoms with van der Waals surface area (Å²) in [4.78, 5) is 42.5. The highest BCUT2D eigenvalue weighted by Crippen LogP contribution is 2.64. The summed E-state index contributed by atoms with van der Waals surface area (Å²) in [5.41, 5.74) is 3.59. The Balaban J connectivity index is 1.17. The van der Waals surface area contributed by atoms with Gasteiger partial charge in [0.1, 0.15) is 11.9 Å². The fraction of sp³-hybridized carbons (Fsp3) is 0.595. The number of likely N-dealkylation sites (tertiary alicyclic amines) is 1. The number of hydrogen-bond acceptors (Lipinski definition) is 6. The second-order valence-electron chi connectivity index (χ2n) is 13.5. The Morgan fingerprint density at radius 3 is 2.52 bits per heavy atom. The topological polar surface area (TPSA) is 76.2 Å². The number of nitrogens with zero attached hydrogens (tertiary/aromatic N) is 2. The summed E-state index contributed by atoms with van der Waals surface area (Å²) in [5, 5.41) is 0. The number of rotatable bonds is 13. The summed E-state index contributed by atoms with van der Waals surface area (Å²) in [5.74, 6) is 1.59. The van der Waals surface area contributed by atoms with Crippen LogP contribution in [0, 0.1) is 5.92 Å². The molecule has 1 spiro atoms. The average Bonchev–Trinajstić information content (AvgIpc) is 3.35. The lowest BCUT2D eigenvalue weighted by atomic mass is 9.51. The molecule has 0 aromatic heterocycles. The maximum Gasteiger partial charge on any atom is 0.308 e. The molecule has 0 radical (unpaired) electrons. The molecule has 2 bridgehead atoms. The van der Waals surface area contributed by atoms with Gasteiger partial charge in [-0.05, 0) is 88.4 Å². The Morgan fingerprint density at radius 2 is 1.77 bits per heavy atom. The van der Waals surface area contributed by atoms with E-state index >= 15 is 0 Å². The largest absolute Gasteiger partial charge is 0.483 e. The Kier molecular flexibility index (Phi) is 9.13. The molecule has 2 fully saturated rings. The van der Waals surface area contributed by atoms with Gasteiger partial charge in [0.15, 0.2) is 11.5 Å². The first kappa shape index (κ1) is 30.8. The van der Waals surface area contributed by atoms with Gasteiger partial charge < -0.3 is 14.4 Å². The summed E-state index contributed by atoms with van der Waals surface area (Å²) in [7, 11) is 0. The third kappa shape index (κ3) is 5.68. The number of Topliss-reactive ketones (excluding diaryl/α,β-unsaturated/α-hetero) is 1. The van der Waals surface area contributed by atoms with Crippen molar-refractivity contribution in [2.24, 2.45) is 5.92 Å². The van der Waals surface area contributed by atoms with Gasteiger partial charge in [0, 0.05) is 36.9 Å². The van der Waals surface area contributed by atoms with Crippen LogP contribution in [0.4, 0.5) is 0 Å². The number of piperidine rings is 1. The molecule has 4 aliphatic rings. The number of esters is 1. The second kappa shape index (κ2) is 13.0. The predicted octanol–water partition coefficient (Wildman–Crippen LogP) is 6.04. The highest BCUT2D eigenvalue weighted by molar-refractivity contribution is 5.78. The fourth-order valence-electron chi connectivity index (χ4n) is 9.14. The molecule has 6 rings (SSSR count). The minimum Gasteiger partial charge on any atom is -0.483 e. The summed E-state index contributed by atoms with van der Waals surface area (Å²) in [6.45, 7) is 7.15. The van der Waals surface area contributed by atoms with Crippen molar-refractivity contribution in [3.8, 4) is 11.5 Å². The molecule has 7 heteroatoms. The van der Waals surface area contributed by atoms with Crippen LogP contribution in [0.3, 0.4) is 0 Å². The number of hydrogen-bond donors (Lipinski definition) is 0. The number of benzene rings is 2. The van der Waals surface area contributed by atoms with Crippen molar-refractivity contribution in [2.75, 3.05) is 19.6 Å². The van der Waals surface area contributed by atoms with Gasteiger partial charge in [-0.25, -0.2) is 0 Å². The zero-order valence-corrected chi connectivity index (χ0v) is 26.7. The van der Waals surface area contributed by atoms with Crippen LogP contribution < -0.4 is 9.47 Å². The van der Waals surface area contributed by atoms with E-state index in [0.717, 1.165) is 57.9 Å². The molecule has 2 aromatic rings. The lowest BCUT2D eigenvalue weighted by molar-refractivity contribution is -0.143. The van der Waals surface area contributed by atoms with Gasteiger partial charge in [0.25, 0.3) is 0 Å². The standard InChI is InChI=1S/C37H48N2O5/c1-4-39(33(42)16-12-7-5-6-9-13-27-14-10-8-11-15-27)30-19-18-29-31-23-28-17-20-32(43-26(3)41)35-34(28)37(29,36(30)44-35)21-22-38(31)24-25(2)40/h8,10-11,14-15,17,20,29-31,36H,4-7,9,12-13,16,18-19,21-24H2,1-3H3/t29-,30-,31+,36-,37-/m0/s1. The molecule has 1 saturated carbocycles. The van der Waals surface area contributed by atoms with Crippen molar-refractivity contribution in [3.63, 3.8) is 0 Å². The zero-order chi connectivity index (χ0) is 30.8. The van der Waals surface area contributed by atoms with Crippen molar-refractivity contribution < 1.29 is 23.9 Å². The van der Waals surface area contributed by atoms with E-state index < -0.39 is 0 Å². The van der Waals surface area contributed by atoms with E-state index in [0.29, 0.717) is 36.9 Å². The van der Waals surface area contributed by atoms with Gasteiger partial charge in [0.05, 0.1) is 12.6 Å². The van der Waals surface area contributed by atoms with Crippen LogP contribution in [-0.4, -0.2) is 65.3 Å². The molecule has 236 valence electrons. The zero-order valence-electron chi connectivity index (χ0n) is 26.7. The van der Waals surface area contributed by atoms with Crippen molar-refractivity contribution in [1.29, 1.82) is 0 Å². The smallest absolute Gasteiger partial charge is 0.308 e. The fourth-order valence-corrected chi connectivity index (χ4v) is 9.14. The maximum absolute atomic E-state index is 13.8. The Labute approximate surface area is 262 Å². The van der Waals surface area contributed by atoms with E-state index in [1.807, 2.05) is 6.07 Å². The molecule has 2 heterocycles. The summed E-state index contributed by atoms with van der Waals surface area (Å²) in [6.07, 6.45) is 10.6. The van der Waals surface area contributed by atoms with Crippen molar-refractivity contribution in [1.82, 2.24) is 9.80 Å². The summed E-state index contributed by atoms with van der Waals surface area (Å²) in [6, 6.07) is 14.9. The van der Waals surface area contributed by atoms with Crippen LogP contribution in [0.5, 0.6) is 11.5 Å². The third-order valence-corrected chi connectivity index (χ3v) is 10.8. The van der Waals surface area contributed by atoms with Gasteiger partial charge in [0.2, 0.25) is 5.91 Å². The first-order valence-corrected chi connectivity index (χ1v) is 16.9. The minimum absolute atomic E-state index is 0.0295. The van der Waals surface area contributed by atoms with Crippen LogP contribution in [0.15, 0.2) is 42.5 Å². The van der Waals surface area contributed by atoms with Crippen LogP contribution in [0.2, 0.25) is 0 Å². The van der Waals surface area contributed by atoms with Crippen LogP contribution >= 0.6 is 0 Å². The molecule has 5 atom stereocenters. The number of likely N-dealkylation sites (N-methyl/N-ethyl adjacent to an activating group) is 1. The first-order chi connectivity index (χ1) is 21.3. The molecule has 1 saturated heterocycles. The lowest BCUT2D eigenvalue weighted by Crippen LogP contribution is -2.69. The van der Waals surface area contributed by atoms with Crippen molar-refractivity contribution in [2.45, 2.75) is 115 Å². The molecular weight excluding hydrogens is 552 g/mol. The van der Waals surface area contributed by atoms with Gasteiger partial charge in [-0.3, -0.25) is 19.3 Å². The van der Waals surface area contributed by atoms with Gasteiger partial charge in [-0.1, -0.05) is 55.7 Å². The lowest BCUT2D eigenvalue weighted by Gasteiger charge is -2.60. The Hall–Kier alpha value is -3.19. The molecular formula is C37H48N2O5. The molecule has 2 aliphatic carbocycles. The van der Waals surface area contributed by atoms with Crippen LogP contribution in [0.25, 0.3) is 0 Å². The van der Waals surface area contributed by atoms with Crippen molar-refractivity contribution in [3.05, 3.63) is 59.2 Å². The number of ketones is 1. The first-order valence-electron chi connectivity index (χ1n) is 16.9. The van der Waals surface area contributed by atoms with Crippen molar-refractivity contribution >= 4 is 17.7 Å². The van der Waals surface area contributed by atoms with Gasteiger partial charge >= 0.3 is 5.97 Å². The highest BCUT2D eigenvalue weighted by atomic mass is 16.6. The van der Waals surface area contributed by atoms with E-state index in [4.69, 9.17) is 9.47 Å². The summed E-state index contributed by atoms with van der Waals surface area (Å²) >= 11 is 0. The molecule has 0 unspecified atom stereocenters. The molecule has 0 N–H and O–H groups in total. The van der Waals surface area contributed by atoms with Gasteiger partial charge in [-0.2, -0.15) is 0 Å². The minimum atomic E-state index is -0.360. The molecule has 1 amide bonds. The number of amides is 1. The number of ether oxygens (including phenoxy) is 2. The normalized spacial score (nSPS) is 26.4. The maximum atomic E-state index is 13.8. The Bertz CT molecular complexity index is 1380. The SMILES string of the molecule is CCN(C(=O)CCCCCCCc1ccccc1)[C@H]1CC[C@H]2[C@H]3Cc4ccc(OC(C)=O)c5c4[C@@]2(CCN3CC(C)=O)[C@H]1O5. The van der Waals surface area contributed by atoms with E-state index in [-0.39, 0.29) is 41.3 Å². The number of aryl methyl sites for hydroxylation is 1. The number of carbonyl (C=O) groups is 3. The summed E-state index contributed by atoms with van der Waals surface area (Å²) < 4.78 is 12.6. The van der Waals surface area contributed by atoms with E-state index in [2.05, 4.69) is 53.1 Å². The molecule has 44 heavy (non-hydrogen) atoms. The number of unbranched alkanes of at least 4 members (excludes halogenated alkanes) is 4. The van der Waals surface area contributed by atoms with Gasteiger partial charge in [-0.15, -0.1) is 0 Å².